The van der Waals surface area contributed by atoms with E-state index in [0.29, 0.717) is 17.8 Å². The molecule has 2 atom stereocenters. The van der Waals surface area contributed by atoms with Gasteiger partial charge in [0.05, 0.1) is 6.10 Å². The molecule has 0 aromatic rings. The topological polar surface area (TPSA) is 98.7 Å². The largest absolute Gasteiger partial charge is 0.480 e. The van der Waals surface area contributed by atoms with E-state index in [1.807, 2.05) is 0 Å². The summed E-state index contributed by atoms with van der Waals surface area (Å²) in [6.45, 7) is 1.36. The van der Waals surface area contributed by atoms with Crippen molar-refractivity contribution in [3.63, 3.8) is 0 Å². The van der Waals surface area contributed by atoms with Crippen LogP contribution in [-0.4, -0.2) is 39.9 Å². The zero-order chi connectivity index (χ0) is 15.2. The predicted molar refractivity (Wildman–Crippen MR) is 75.7 cm³/mol. The Balaban J connectivity index is 1.63. The second-order valence-corrected chi connectivity index (χ2v) is 7.35. The summed E-state index contributed by atoms with van der Waals surface area (Å²) in [6.07, 6.45) is 5.77. The third-order valence-corrected chi connectivity index (χ3v) is 5.45. The number of aliphatic hydroxyl groups excluding tert-OH is 1. The number of hydrogen-bond acceptors (Lipinski definition) is 3. The molecule has 4 aliphatic carbocycles. The summed E-state index contributed by atoms with van der Waals surface area (Å²) in [4.78, 5) is 23.2. The minimum atomic E-state index is -1.26. The molecule has 0 radical (unpaired) electrons. The van der Waals surface area contributed by atoms with Gasteiger partial charge >= 0.3 is 12.0 Å². The molecule has 0 spiro atoms. The van der Waals surface area contributed by atoms with E-state index in [-0.39, 0.29) is 5.54 Å². The Labute approximate surface area is 124 Å². The highest BCUT2D eigenvalue weighted by Gasteiger charge is 2.51. The first-order chi connectivity index (χ1) is 9.87. The van der Waals surface area contributed by atoms with Gasteiger partial charge in [0.1, 0.15) is 0 Å². The summed E-state index contributed by atoms with van der Waals surface area (Å²) in [5.74, 6) is 0.918. The smallest absolute Gasteiger partial charge is 0.328 e. The SMILES string of the molecule is C[C@@H](O)[C@H](NC(=O)NC12CC3CC(CC(C3)C1)C2)C(=O)O. The molecule has 4 N–H and O–H groups in total. The van der Waals surface area contributed by atoms with Gasteiger partial charge in [-0.2, -0.15) is 0 Å². The Hall–Kier alpha value is -1.30. The summed E-state index contributed by atoms with van der Waals surface area (Å²) in [5, 5.41) is 23.9. The van der Waals surface area contributed by atoms with Crippen LogP contribution in [0.15, 0.2) is 0 Å². The number of rotatable bonds is 4. The number of aliphatic hydroxyl groups is 1. The van der Waals surface area contributed by atoms with Crippen molar-refractivity contribution in [2.75, 3.05) is 0 Å². The first-order valence-electron chi connectivity index (χ1n) is 7.86. The summed E-state index contributed by atoms with van der Waals surface area (Å²) in [5.41, 5.74) is -0.152. The zero-order valence-electron chi connectivity index (χ0n) is 12.3. The predicted octanol–water partition coefficient (Wildman–Crippen LogP) is 1.09. The van der Waals surface area contributed by atoms with Crippen LogP contribution in [0.5, 0.6) is 0 Å². The van der Waals surface area contributed by atoms with Gasteiger partial charge in [0, 0.05) is 5.54 Å². The van der Waals surface area contributed by atoms with E-state index >= 15 is 0 Å². The summed E-state index contributed by atoms with van der Waals surface area (Å²) >= 11 is 0. The number of carboxylic acids is 1. The Morgan fingerprint density at radius 2 is 1.57 bits per heavy atom. The summed E-state index contributed by atoms with van der Waals surface area (Å²) < 4.78 is 0. The fourth-order valence-electron chi connectivity index (χ4n) is 5.07. The van der Waals surface area contributed by atoms with Crippen LogP contribution in [0.2, 0.25) is 0 Å². The highest BCUT2D eigenvalue weighted by atomic mass is 16.4. The fourth-order valence-corrected chi connectivity index (χ4v) is 5.07. The lowest BCUT2D eigenvalue weighted by Gasteiger charge is -2.56. The maximum atomic E-state index is 12.2. The number of carbonyl (C=O) groups is 2. The van der Waals surface area contributed by atoms with Crippen LogP contribution >= 0.6 is 0 Å². The molecule has 4 rings (SSSR count). The lowest BCUT2D eigenvalue weighted by atomic mass is 9.53. The minimum Gasteiger partial charge on any atom is -0.480 e. The molecule has 21 heavy (non-hydrogen) atoms. The molecule has 4 aliphatic rings. The first-order valence-corrected chi connectivity index (χ1v) is 7.86. The van der Waals surface area contributed by atoms with Crippen molar-refractivity contribution in [3.05, 3.63) is 0 Å². The highest BCUT2D eigenvalue weighted by Crippen LogP contribution is 2.55. The van der Waals surface area contributed by atoms with Crippen molar-refractivity contribution < 1.29 is 19.8 Å². The number of carboxylic acid groups (broad SMARTS) is 1. The molecule has 6 nitrogen and oxygen atoms in total. The van der Waals surface area contributed by atoms with Crippen molar-refractivity contribution >= 4 is 12.0 Å². The molecule has 0 unspecified atom stereocenters. The van der Waals surface area contributed by atoms with Crippen molar-refractivity contribution in [1.29, 1.82) is 0 Å². The quantitative estimate of drug-likeness (QED) is 0.624. The second-order valence-electron chi connectivity index (χ2n) is 7.35. The van der Waals surface area contributed by atoms with Crippen LogP contribution < -0.4 is 10.6 Å². The number of amides is 2. The van der Waals surface area contributed by atoms with Crippen LogP contribution in [-0.2, 0) is 4.79 Å². The highest BCUT2D eigenvalue weighted by molar-refractivity contribution is 5.83. The molecule has 118 valence electrons. The van der Waals surface area contributed by atoms with Gasteiger partial charge in [0.25, 0.3) is 0 Å². The number of nitrogens with one attached hydrogen (secondary N) is 2. The average Bonchev–Trinajstić information content (AvgIpc) is 2.32. The fraction of sp³-hybridized carbons (Fsp3) is 0.867. The van der Waals surface area contributed by atoms with E-state index in [4.69, 9.17) is 5.11 Å². The van der Waals surface area contributed by atoms with Crippen molar-refractivity contribution in [3.8, 4) is 0 Å². The Kier molecular flexibility index (Phi) is 3.59. The van der Waals surface area contributed by atoms with E-state index in [2.05, 4.69) is 10.6 Å². The van der Waals surface area contributed by atoms with Crippen molar-refractivity contribution in [2.24, 2.45) is 17.8 Å². The molecule has 2 amide bonds. The Morgan fingerprint density at radius 1 is 1.10 bits per heavy atom. The standard InChI is InChI=1S/C15H24N2O4/c1-8(18)12(13(19)20)16-14(21)17-15-5-9-2-10(6-15)4-11(3-9)7-15/h8-12,18H,2-7H2,1H3,(H,19,20)(H2,16,17,21)/t8-,9?,10?,11?,12+,15?/m1/s1. The van der Waals surface area contributed by atoms with Crippen LogP contribution in [0, 0.1) is 17.8 Å². The van der Waals surface area contributed by atoms with Gasteiger partial charge < -0.3 is 20.8 Å². The van der Waals surface area contributed by atoms with Crippen LogP contribution in [0.3, 0.4) is 0 Å². The molecule has 4 bridgehead atoms. The molecule has 0 aromatic heterocycles. The molecule has 0 saturated heterocycles. The Morgan fingerprint density at radius 3 is 1.95 bits per heavy atom. The Bertz CT molecular complexity index is 414. The third kappa shape index (κ3) is 2.86. The molecule has 0 heterocycles. The van der Waals surface area contributed by atoms with E-state index in [0.717, 1.165) is 19.3 Å². The van der Waals surface area contributed by atoms with Crippen molar-refractivity contribution in [2.45, 2.75) is 63.1 Å². The van der Waals surface area contributed by atoms with Gasteiger partial charge in [0.15, 0.2) is 6.04 Å². The number of aliphatic carboxylic acids is 1. The van der Waals surface area contributed by atoms with E-state index in [1.165, 1.54) is 26.2 Å². The van der Waals surface area contributed by atoms with Gasteiger partial charge in [-0.05, 0) is 63.2 Å². The minimum absolute atomic E-state index is 0.152. The molecule has 4 fully saturated rings. The zero-order valence-corrected chi connectivity index (χ0v) is 12.3. The van der Waals surface area contributed by atoms with Gasteiger partial charge in [-0.3, -0.25) is 0 Å². The summed E-state index contributed by atoms with van der Waals surface area (Å²) in [7, 11) is 0. The van der Waals surface area contributed by atoms with E-state index < -0.39 is 24.1 Å². The molecule has 6 heteroatoms. The first kappa shape index (κ1) is 14.6. The molecule has 4 saturated carbocycles. The third-order valence-electron chi connectivity index (χ3n) is 5.45. The average molecular weight is 296 g/mol. The van der Waals surface area contributed by atoms with Crippen LogP contribution in [0.4, 0.5) is 4.79 Å². The number of urea groups is 1. The molecule has 0 aliphatic heterocycles. The normalized spacial score (nSPS) is 39.6. The monoisotopic (exact) mass is 296 g/mol. The van der Waals surface area contributed by atoms with Gasteiger partial charge in [-0.25, -0.2) is 9.59 Å². The molecule has 0 aromatic carbocycles. The molecular formula is C15H24N2O4. The number of hydrogen-bond donors (Lipinski definition) is 4. The van der Waals surface area contributed by atoms with Crippen LogP contribution in [0.1, 0.15) is 45.4 Å². The maximum Gasteiger partial charge on any atom is 0.328 e. The summed E-state index contributed by atoms with van der Waals surface area (Å²) in [6, 6.07) is -1.73. The van der Waals surface area contributed by atoms with Gasteiger partial charge in [-0.15, -0.1) is 0 Å². The van der Waals surface area contributed by atoms with E-state index in [9.17, 15) is 14.7 Å². The van der Waals surface area contributed by atoms with E-state index in [1.54, 1.807) is 0 Å². The maximum absolute atomic E-state index is 12.2. The second kappa shape index (κ2) is 5.16. The van der Waals surface area contributed by atoms with Crippen LogP contribution in [0.25, 0.3) is 0 Å². The lowest BCUT2D eigenvalue weighted by molar-refractivity contribution is -0.141. The van der Waals surface area contributed by atoms with Gasteiger partial charge in [-0.1, -0.05) is 0 Å². The molecular weight excluding hydrogens is 272 g/mol. The number of carbonyl (C=O) groups excluding carboxylic acids is 1. The van der Waals surface area contributed by atoms with Gasteiger partial charge in [0.2, 0.25) is 0 Å². The van der Waals surface area contributed by atoms with Crippen molar-refractivity contribution in [1.82, 2.24) is 10.6 Å². The lowest BCUT2D eigenvalue weighted by Crippen LogP contribution is -2.63.